The summed E-state index contributed by atoms with van der Waals surface area (Å²) in [5.41, 5.74) is 2.14. The summed E-state index contributed by atoms with van der Waals surface area (Å²) in [5.74, 6) is -4.23. The summed E-state index contributed by atoms with van der Waals surface area (Å²) in [5, 5.41) is 0. The van der Waals surface area contributed by atoms with E-state index in [0.29, 0.717) is 13.1 Å². The van der Waals surface area contributed by atoms with Crippen molar-refractivity contribution in [2.75, 3.05) is 0 Å². The van der Waals surface area contributed by atoms with Gasteiger partial charge in [0.15, 0.2) is 0 Å². The Balaban J connectivity index is 1.75. The summed E-state index contributed by atoms with van der Waals surface area (Å²) < 4.78 is 25.6. The van der Waals surface area contributed by atoms with Crippen molar-refractivity contribution in [3.05, 3.63) is 35.4 Å². The number of nitrogens with zero attached hydrogens (tertiary/aromatic N) is 1. The van der Waals surface area contributed by atoms with E-state index in [1.807, 2.05) is 24.3 Å². The number of carbonyl (C=O) groups excluding carboxylic acids is 1. The first-order chi connectivity index (χ1) is 7.58. The van der Waals surface area contributed by atoms with E-state index in [2.05, 4.69) is 0 Å². The molecule has 1 aromatic rings. The maximum Gasteiger partial charge on any atom is 0.260 e. The van der Waals surface area contributed by atoms with Crippen LogP contribution in [-0.2, 0) is 17.9 Å². The van der Waals surface area contributed by atoms with Gasteiger partial charge in [0.05, 0.1) is 0 Å². The molecule has 1 aliphatic heterocycles. The number of amides is 1. The highest BCUT2D eigenvalue weighted by Gasteiger charge is 2.62. The molecule has 1 fully saturated rings. The Bertz CT molecular complexity index is 433. The second-order valence-electron chi connectivity index (χ2n) is 4.48. The molecule has 1 saturated carbocycles. The minimum absolute atomic E-state index is 0.279. The van der Waals surface area contributed by atoms with E-state index in [9.17, 15) is 13.6 Å². The molecule has 1 aliphatic carbocycles. The zero-order valence-electron chi connectivity index (χ0n) is 8.62. The molecule has 1 amide bonds. The zero-order valence-corrected chi connectivity index (χ0v) is 8.62. The summed E-state index contributed by atoms with van der Waals surface area (Å²) in [4.78, 5) is 13.3. The van der Waals surface area contributed by atoms with E-state index < -0.39 is 17.7 Å². The molecule has 0 saturated heterocycles. The number of hydrogen-bond acceptors (Lipinski definition) is 1. The standard InChI is InChI=1S/C12H11F2NO/c13-12(14)5-10(12)11(16)15-6-8-3-1-2-4-9(8)7-15/h1-4,10H,5-7H2. The summed E-state index contributed by atoms with van der Waals surface area (Å²) in [6.07, 6.45) is -0.279. The van der Waals surface area contributed by atoms with Crippen LogP contribution >= 0.6 is 0 Å². The Morgan fingerprint density at radius 1 is 1.25 bits per heavy atom. The number of fused-ring (bicyclic) bond motifs is 1. The Hall–Kier alpha value is -1.45. The molecular weight excluding hydrogens is 212 g/mol. The SMILES string of the molecule is O=C(C1CC1(F)F)N1Cc2ccccc2C1. The third kappa shape index (κ3) is 1.40. The van der Waals surface area contributed by atoms with Gasteiger partial charge >= 0.3 is 0 Å². The van der Waals surface area contributed by atoms with Crippen LogP contribution in [0.25, 0.3) is 0 Å². The normalized spacial score (nSPS) is 25.4. The number of carbonyl (C=O) groups is 1. The van der Waals surface area contributed by atoms with Gasteiger partial charge in [-0.2, -0.15) is 0 Å². The largest absolute Gasteiger partial charge is 0.334 e. The molecule has 2 aliphatic rings. The van der Waals surface area contributed by atoms with Gasteiger partial charge in [0, 0.05) is 19.5 Å². The van der Waals surface area contributed by atoms with Gasteiger partial charge in [0.1, 0.15) is 5.92 Å². The summed E-state index contributed by atoms with van der Waals surface area (Å²) >= 11 is 0. The van der Waals surface area contributed by atoms with Crippen molar-refractivity contribution in [3.8, 4) is 0 Å². The highest BCUT2D eigenvalue weighted by Crippen LogP contribution is 2.50. The predicted molar refractivity (Wildman–Crippen MR) is 53.8 cm³/mol. The molecule has 0 radical (unpaired) electrons. The van der Waals surface area contributed by atoms with Crippen LogP contribution in [0, 0.1) is 5.92 Å². The monoisotopic (exact) mass is 223 g/mol. The molecule has 1 atom stereocenters. The van der Waals surface area contributed by atoms with Crippen molar-refractivity contribution in [2.24, 2.45) is 5.92 Å². The maximum atomic E-state index is 12.8. The third-order valence-corrected chi connectivity index (χ3v) is 3.28. The van der Waals surface area contributed by atoms with Crippen molar-refractivity contribution in [1.82, 2.24) is 4.90 Å². The molecule has 0 bridgehead atoms. The molecule has 3 rings (SSSR count). The minimum Gasteiger partial charge on any atom is -0.334 e. The Kier molecular flexibility index (Phi) is 1.85. The molecule has 0 N–H and O–H groups in total. The van der Waals surface area contributed by atoms with Crippen LogP contribution in [0.3, 0.4) is 0 Å². The quantitative estimate of drug-likeness (QED) is 0.714. The molecule has 16 heavy (non-hydrogen) atoms. The lowest BCUT2D eigenvalue weighted by Crippen LogP contribution is -2.28. The Morgan fingerprint density at radius 3 is 2.19 bits per heavy atom. The first kappa shape index (κ1) is 9.75. The molecule has 4 heteroatoms. The van der Waals surface area contributed by atoms with Crippen molar-refractivity contribution >= 4 is 5.91 Å². The highest BCUT2D eigenvalue weighted by molar-refractivity contribution is 5.83. The lowest BCUT2D eigenvalue weighted by molar-refractivity contribution is -0.135. The van der Waals surface area contributed by atoms with Crippen molar-refractivity contribution in [1.29, 1.82) is 0 Å². The van der Waals surface area contributed by atoms with Gasteiger partial charge in [-0.05, 0) is 11.1 Å². The van der Waals surface area contributed by atoms with Crippen LogP contribution < -0.4 is 0 Å². The zero-order chi connectivity index (χ0) is 11.3. The fraction of sp³-hybridized carbons (Fsp3) is 0.417. The van der Waals surface area contributed by atoms with Gasteiger partial charge in [-0.3, -0.25) is 4.79 Å². The van der Waals surface area contributed by atoms with Gasteiger partial charge in [-0.15, -0.1) is 0 Å². The van der Waals surface area contributed by atoms with Gasteiger partial charge in [-0.25, -0.2) is 8.78 Å². The van der Waals surface area contributed by atoms with E-state index in [4.69, 9.17) is 0 Å². The van der Waals surface area contributed by atoms with Gasteiger partial charge in [-0.1, -0.05) is 24.3 Å². The van der Waals surface area contributed by atoms with Crippen molar-refractivity contribution < 1.29 is 13.6 Å². The van der Waals surface area contributed by atoms with Crippen LogP contribution in [0.2, 0.25) is 0 Å². The molecule has 1 aromatic carbocycles. The predicted octanol–water partition coefficient (Wildman–Crippen LogP) is 2.18. The fourth-order valence-electron chi connectivity index (χ4n) is 2.19. The van der Waals surface area contributed by atoms with Crippen LogP contribution in [0.15, 0.2) is 24.3 Å². The highest BCUT2D eigenvalue weighted by atomic mass is 19.3. The molecule has 0 aromatic heterocycles. The van der Waals surface area contributed by atoms with Crippen LogP contribution in [0.5, 0.6) is 0 Å². The molecular formula is C12H11F2NO. The summed E-state index contributed by atoms with van der Waals surface area (Å²) in [6.45, 7) is 0.948. The first-order valence-corrected chi connectivity index (χ1v) is 5.31. The van der Waals surface area contributed by atoms with E-state index >= 15 is 0 Å². The van der Waals surface area contributed by atoms with Crippen LogP contribution in [0.4, 0.5) is 8.78 Å². The van der Waals surface area contributed by atoms with Gasteiger partial charge < -0.3 is 4.90 Å². The van der Waals surface area contributed by atoms with E-state index in [1.165, 1.54) is 4.90 Å². The van der Waals surface area contributed by atoms with Gasteiger partial charge in [0.2, 0.25) is 5.91 Å². The number of alkyl halides is 2. The van der Waals surface area contributed by atoms with E-state index in [-0.39, 0.29) is 6.42 Å². The second-order valence-corrected chi connectivity index (χ2v) is 4.48. The first-order valence-electron chi connectivity index (χ1n) is 5.31. The topological polar surface area (TPSA) is 20.3 Å². The molecule has 84 valence electrons. The molecule has 2 nitrogen and oxygen atoms in total. The van der Waals surface area contributed by atoms with Gasteiger partial charge in [0.25, 0.3) is 5.92 Å². The second kappa shape index (κ2) is 3.03. The average Bonchev–Trinajstić information content (AvgIpc) is 2.74. The smallest absolute Gasteiger partial charge is 0.260 e. The van der Waals surface area contributed by atoms with Crippen LogP contribution in [0.1, 0.15) is 17.5 Å². The fourth-order valence-corrected chi connectivity index (χ4v) is 2.19. The lowest BCUT2D eigenvalue weighted by Gasteiger charge is -2.14. The molecule has 1 heterocycles. The van der Waals surface area contributed by atoms with E-state index in [0.717, 1.165) is 11.1 Å². The Morgan fingerprint density at radius 2 is 1.75 bits per heavy atom. The van der Waals surface area contributed by atoms with Crippen molar-refractivity contribution in [2.45, 2.75) is 25.4 Å². The maximum absolute atomic E-state index is 12.8. The van der Waals surface area contributed by atoms with Crippen LogP contribution in [-0.4, -0.2) is 16.7 Å². The minimum atomic E-state index is -2.76. The lowest BCUT2D eigenvalue weighted by atomic mass is 10.1. The number of benzene rings is 1. The van der Waals surface area contributed by atoms with Crippen molar-refractivity contribution in [3.63, 3.8) is 0 Å². The van der Waals surface area contributed by atoms with E-state index in [1.54, 1.807) is 0 Å². The Labute approximate surface area is 91.9 Å². The summed E-state index contributed by atoms with van der Waals surface area (Å²) in [6, 6.07) is 7.68. The summed E-state index contributed by atoms with van der Waals surface area (Å²) in [7, 11) is 0. The molecule has 1 unspecified atom stereocenters. The average molecular weight is 223 g/mol. The number of halogens is 2. The third-order valence-electron chi connectivity index (χ3n) is 3.28. The number of hydrogen-bond donors (Lipinski definition) is 0. The molecule has 0 spiro atoms. The number of rotatable bonds is 1.